The average Bonchev–Trinajstić information content (AvgIpc) is 3.14. The summed E-state index contributed by atoms with van der Waals surface area (Å²) in [6.45, 7) is 0. The zero-order valence-electron chi connectivity index (χ0n) is 12.2. The van der Waals surface area contributed by atoms with Crippen LogP contribution in [0.2, 0.25) is 5.02 Å². The van der Waals surface area contributed by atoms with E-state index in [1.165, 1.54) is 11.1 Å². The molecule has 0 aliphatic heterocycles. The van der Waals surface area contributed by atoms with Crippen molar-refractivity contribution in [3.05, 3.63) is 69.5 Å². The fraction of sp³-hybridized carbons (Fsp3) is 0.118. The first-order valence-corrected chi connectivity index (χ1v) is 8.10. The lowest BCUT2D eigenvalue weighted by atomic mass is 10.1. The Morgan fingerprint density at radius 2 is 1.87 bits per heavy atom. The van der Waals surface area contributed by atoms with E-state index >= 15 is 0 Å². The summed E-state index contributed by atoms with van der Waals surface area (Å²) in [4.78, 5) is 0. The summed E-state index contributed by atoms with van der Waals surface area (Å²) in [6, 6.07) is 15.8. The zero-order valence-corrected chi connectivity index (χ0v) is 13.7. The molecule has 0 unspecified atom stereocenters. The molecule has 1 N–H and O–H groups in total. The van der Waals surface area contributed by atoms with E-state index in [2.05, 4.69) is 28.4 Å². The van der Waals surface area contributed by atoms with Gasteiger partial charge in [-0.2, -0.15) is 14.9 Å². The van der Waals surface area contributed by atoms with Crippen molar-refractivity contribution >= 4 is 29.5 Å². The largest absolute Gasteiger partial charge is 0.250 e. The van der Waals surface area contributed by atoms with Crippen molar-refractivity contribution in [2.45, 2.75) is 12.8 Å². The Hall–Kier alpha value is -2.24. The molecule has 1 aromatic heterocycles. The predicted molar refractivity (Wildman–Crippen MR) is 94.6 cm³/mol. The minimum atomic E-state index is 0.479. The summed E-state index contributed by atoms with van der Waals surface area (Å²) in [7, 11) is 0. The van der Waals surface area contributed by atoms with Gasteiger partial charge in [0, 0.05) is 16.1 Å². The van der Waals surface area contributed by atoms with Crippen LogP contribution in [0.1, 0.15) is 17.5 Å². The van der Waals surface area contributed by atoms with Crippen molar-refractivity contribution in [3.8, 4) is 11.4 Å². The van der Waals surface area contributed by atoms with E-state index in [4.69, 9.17) is 28.9 Å². The Labute approximate surface area is 143 Å². The Morgan fingerprint density at radius 3 is 2.70 bits per heavy atom. The Morgan fingerprint density at radius 1 is 1.09 bits per heavy atom. The molecule has 4 nitrogen and oxygen atoms in total. The van der Waals surface area contributed by atoms with Crippen LogP contribution in [0, 0.1) is 4.77 Å². The highest BCUT2D eigenvalue weighted by molar-refractivity contribution is 7.71. The van der Waals surface area contributed by atoms with Crippen LogP contribution in [0.25, 0.3) is 11.4 Å². The predicted octanol–water partition coefficient (Wildman–Crippen LogP) is 4.46. The van der Waals surface area contributed by atoms with Gasteiger partial charge in [0.25, 0.3) is 0 Å². The second-order valence-corrected chi connectivity index (χ2v) is 6.20. The van der Waals surface area contributed by atoms with Crippen molar-refractivity contribution in [2.75, 3.05) is 0 Å². The van der Waals surface area contributed by atoms with Crippen LogP contribution in [-0.4, -0.2) is 20.6 Å². The molecular formula is C17H13ClN4S. The lowest BCUT2D eigenvalue weighted by molar-refractivity contribution is 0.859. The van der Waals surface area contributed by atoms with Gasteiger partial charge in [-0.3, -0.25) is 0 Å². The first-order chi connectivity index (χ1) is 11.2. The van der Waals surface area contributed by atoms with E-state index in [1.807, 2.05) is 30.3 Å². The van der Waals surface area contributed by atoms with Crippen molar-refractivity contribution in [1.29, 1.82) is 0 Å². The number of aromatic nitrogens is 3. The summed E-state index contributed by atoms with van der Waals surface area (Å²) in [5.41, 5.74) is 4.47. The molecule has 23 heavy (non-hydrogen) atoms. The van der Waals surface area contributed by atoms with Crippen molar-refractivity contribution in [3.63, 3.8) is 0 Å². The monoisotopic (exact) mass is 340 g/mol. The molecule has 2 aromatic carbocycles. The number of hydrogen-bond donors (Lipinski definition) is 1. The van der Waals surface area contributed by atoms with E-state index in [0.717, 1.165) is 24.1 Å². The molecular weight excluding hydrogens is 328 g/mol. The second kappa shape index (κ2) is 5.76. The number of fused-ring (bicyclic) bond motifs is 1. The van der Waals surface area contributed by atoms with E-state index < -0.39 is 0 Å². The molecule has 1 heterocycles. The van der Waals surface area contributed by atoms with Crippen LogP contribution in [0.5, 0.6) is 0 Å². The number of H-pyrrole nitrogens is 1. The normalized spacial score (nSPS) is 15.1. The summed E-state index contributed by atoms with van der Waals surface area (Å²) in [5.74, 6) is 0.684. The van der Waals surface area contributed by atoms with Crippen LogP contribution in [0.3, 0.4) is 0 Å². The van der Waals surface area contributed by atoms with Crippen molar-refractivity contribution < 1.29 is 0 Å². The fourth-order valence-corrected chi connectivity index (χ4v) is 3.10. The van der Waals surface area contributed by atoms with Gasteiger partial charge in [-0.1, -0.05) is 35.9 Å². The van der Waals surface area contributed by atoms with Crippen LogP contribution < -0.4 is 0 Å². The van der Waals surface area contributed by atoms with E-state index in [9.17, 15) is 0 Å². The summed E-state index contributed by atoms with van der Waals surface area (Å²) < 4.78 is 2.17. The maximum absolute atomic E-state index is 5.95. The van der Waals surface area contributed by atoms with Gasteiger partial charge in [-0.05, 0) is 54.9 Å². The van der Waals surface area contributed by atoms with Crippen molar-refractivity contribution in [2.24, 2.45) is 5.10 Å². The number of nitrogens with zero attached hydrogens (tertiary/aromatic N) is 3. The highest BCUT2D eigenvalue weighted by Gasteiger charge is 2.18. The van der Waals surface area contributed by atoms with Crippen LogP contribution in [-0.2, 0) is 6.42 Å². The Balaban J connectivity index is 1.82. The lowest BCUT2D eigenvalue weighted by Gasteiger charge is -2.04. The van der Waals surface area contributed by atoms with Gasteiger partial charge in [0.05, 0.1) is 5.71 Å². The molecule has 3 aromatic rings. The van der Waals surface area contributed by atoms with E-state index in [0.29, 0.717) is 15.6 Å². The lowest BCUT2D eigenvalue weighted by Crippen LogP contribution is -2.01. The van der Waals surface area contributed by atoms with Gasteiger partial charge >= 0.3 is 0 Å². The number of rotatable bonds is 2. The molecule has 0 radical (unpaired) electrons. The first kappa shape index (κ1) is 14.4. The third kappa shape index (κ3) is 2.62. The van der Waals surface area contributed by atoms with Crippen LogP contribution in [0.15, 0.2) is 53.6 Å². The fourth-order valence-electron chi connectivity index (χ4n) is 2.80. The molecule has 0 fully saturated rings. The van der Waals surface area contributed by atoms with Crippen LogP contribution >= 0.6 is 23.8 Å². The number of aromatic amines is 1. The molecule has 114 valence electrons. The van der Waals surface area contributed by atoms with E-state index in [1.54, 1.807) is 4.68 Å². The van der Waals surface area contributed by atoms with Gasteiger partial charge in [0.1, 0.15) is 0 Å². The maximum atomic E-state index is 5.95. The number of aryl methyl sites for hydroxylation is 1. The third-order valence-corrected chi connectivity index (χ3v) is 4.45. The van der Waals surface area contributed by atoms with Gasteiger partial charge in [-0.25, -0.2) is 5.10 Å². The zero-order chi connectivity index (χ0) is 15.8. The molecule has 0 bridgehead atoms. The number of halogens is 1. The van der Waals surface area contributed by atoms with Gasteiger partial charge < -0.3 is 0 Å². The third-order valence-electron chi connectivity index (χ3n) is 3.93. The number of benzene rings is 2. The molecule has 0 spiro atoms. The van der Waals surface area contributed by atoms with E-state index in [-0.39, 0.29) is 0 Å². The number of nitrogens with one attached hydrogen (secondary N) is 1. The highest BCUT2D eigenvalue weighted by atomic mass is 35.5. The summed E-state index contributed by atoms with van der Waals surface area (Å²) in [5, 5.41) is 12.6. The second-order valence-electron chi connectivity index (χ2n) is 5.37. The quantitative estimate of drug-likeness (QED) is 0.700. The minimum absolute atomic E-state index is 0.479. The molecule has 1 aliphatic carbocycles. The molecule has 6 heteroatoms. The average molecular weight is 341 g/mol. The number of hydrogen-bond acceptors (Lipinski definition) is 3. The molecule has 4 rings (SSSR count). The molecule has 0 saturated heterocycles. The first-order valence-electron chi connectivity index (χ1n) is 7.32. The van der Waals surface area contributed by atoms with Crippen LogP contribution in [0.4, 0.5) is 0 Å². The molecule has 0 amide bonds. The molecule has 1 aliphatic rings. The van der Waals surface area contributed by atoms with Gasteiger partial charge in [0.2, 0.25) is 4.77 Å². The van der Waals surface area contributed by atoms with Gasteiger partial charge in [0.15, 0.2) is 5.82 Å². The minimum Gasteiger partial charge on any atom is -0.250 e. The molecule has 0 saturated carbocycles. The smallest absolute Gasteiger partial charge is 0.216 e. The Bertz CT molecular complexity index is 953. The topological polar surface area (TPSA) is 46.0 Å². The highest BCUT2D eigenvalue weighted by Crippen LogP contribution is 2.24. The summed E-state index contributed by atoms with van der Waals surface area (Å²) >= 11 is 11.3. The maximum Gasteiger partial charge on any atom is 0.216 e. The molecule has 0 atom stereocenters. The standard InChI is InChI=1S/C17H13ClN4S/c18-13-8-5-12(6-9-13)16-19-20-17(23)22(16)21-15-10-7-11-3-1-2-4-14(11)15/h1-6,8-9H,7,10H2,(H,20,23)/b21-15+. The van der Waals surface area contributed by atoms with Gasteiger partial charge in [-0.15, -0.1) is 0 Å². The Kier molecular flexibility index (Phi) is 3.59. The SMILES string of the molecule is S=c1[nH]nc(-c2ccc(Cl)cc2)n1/N=C1\CCc2ccccc21. The van der Waals surface area contributed by atoms with Crippen molar-refractivity contribution in [1.82, 2.24) is 14.9 Å². The summed E-state index contributed by atoms with van der Waals surface area (Å²) in [6.07, 6.45) is 1.92.